The minimum absolute atomic E-state index is 0.0204. The Balaban J connectivity index is 1.96. The average Bonchev–Trinajstić information content (AvgIpc) is 3.07. The second kappa shape index (κ2) is 7.85. The van der Waals surface area contributed by atoms with Gasteiger partial charge in [-0.1, -0.05) is 35.9 Å². The molecule has 0 aliphatic rings. The van der Waals surface area contributed by atoms with E-state index in [1.165, 1.54) is 4.31 Å². The molecule has 0 amide bonds. The third-order valence-corrected chi connectivity index (χ3v) is 6.85. The Bertz CT molecular complexity index is 1050. The monoisotopic (exact) mass is 399 g/mol. The van der Waals surface area contributed by atoms with Gasteiger partial charge in [0.15, 0.2) is 0 Å². The molecular formula is C21H25N3O3S. The Labute approximate surface area is 166 Å². The van der Waals surface area contributed by atoms with Gasteiger partial charge in [-0.15, -0.1) is 10.2 Å². The van der Waals surface area contributed by atoms with E-state index in [1.807, 2.05) is 77.1 Å². The summed E-state index contributed by atoms with van der Waals surface area (Å²) in [5.41, 5.74) is 3.30. The van der Waals surface area contributed by atoms with Crippen LogP contribution in [0.25, 0.3) is 11.5 Å². The van der Waals surface area contributed by atoms with E-state index in [4.69, 9.17) is 4.42 Å². The Morgan fingerprint density at radius 3 is 2.18 bits per heavy atom. The number of hydrogen-bond donors (Lipinski definition) is 0. The van der Waals surface area contributed by atoms with Crippen LogP contribution in [0.1, 0.15) is 36.4 Å². The Hall–Kier alpha value is -2.51. The zero-order valence-electron chi connectivity index (χ0n) is 16.8. The molecule has 1 heterocycles. The number of sulfonamides is 1. The summed E-state index contributed by atoms with van der Waals surface area (Å²) in [6, 6.07) is 12.9. The van der Waals surface area contributed by atoms with Crippen LogP contribution in [0.2, 0.25) is 0 Å². The van der Waals surface area contributed by atoms with Crippen LogP contribution in [0.15, 0.2) is 51.8 Å². The highest BCUT2D eigenvalue weighted by molar-refractivity contribution is 7.89. The molecular weight excluding hydrogens is 374 g/mol. The van der Waals surface area contributed by atoms with Crippen LogP contribution in [0.5, 0.6) is 0 Å². The smallest absolute Gasteiger partial charge is 0.247 e. The first-order chi connectivity index (χ1) is 13.2. The molecule has 0 spiro atoms. The normalized spacial score (nSPS) is 12.1. The minimum atomic E-state index is -3.73. The average molecular weight is 400 g/mol. The lowest BCUT2D eigenvalue weighted by Crippen LogP contribution is -2.37. The number of benzene rings is 2. The van der Waals surface area contributed by atoms with E-state index in [2.05, 4.69) is 10.2 Å². The van der Waals surface area contributed by atoms with Crippen molar-refractivity contribution in [3.05, 3.63) is 65.0 Å². The highest BCUT2D eigenvalue weighted by Crippen LogP contribution is 2.28. The lowest BCUT2D eigenvalue weighted by atomic mass is 10.1. The van der Waals surface area contributed by atoms with Crippen LogP contribution in [0.3, 0.4) is 0 Å². The zero-order valence-corrected chi connectivity index (χ0v) is 17.6. The molecule has 0 bridgehead atoms. The summed E-state index contributed by atoms with van der Waals surface area (Å²) in [7, 11) is -3.73. The van der Waals surface area contributed by atoms with E-state index in [9.17, 15) is 8.42 Å². The molecule has 3 rings (SSSR count). The van der Waals surface area contributed by atoms with Crippen molar-refractivity contribution in [1.82, 2.24) is 14.5 Å². The van der Waals surface area contributed by atoms with Gasteiger partial charge in [0, 0.05) is 11.6 Å². The van der Waals surface area contributed by atoms with E-state index in [1.54, 1.807) is 0 Å². The van der Waals surface area contributed by atoms with Gasteiger partial charge in [-0.05, 0) is 57.9 Å². The van der Waals surface area contributed by atoms with Gasteiger partial charge in [0.05, 0.1) is 11.4 Å². The summed E-state index contributed by atoms with van der Waals surface area (Å²) in [5, 5.41) is 8.12. The summed E-state index contributed by atoms with van der Waals surface area (Å²) in [6.45, 7) is 9.31. The first-order valence-corrected chi connectivity index (χ1v) is 10.6. The van der Waals surface area contributed by atoms with Crippen LogP contribution in [-0.4, -0.2) is 29.0 Å². The molecule has 0 saturated heterocycles. The lowest BCUT2D eigenvalue weighted by Gasteiger charge is -2.26. The van der Waals surface area contributed by atoms with E-state index in [0.717, 1.165) is 22.3 Å². The van der Waals surface area contributed by atoms with Gasteiger partial charge in [-0.2, -0.15) is 4.31 Å². The van der Waals surface area contributed by atoms with E-state index < -0.39 is 10.0 Å². The summed E-state index contributed by atoms with van der Waals surface area (Å²) in [4.78, 5) is 0.342. The second-order valence-electron chi connectivity index (χ2n) is 7.24. The maximum Gasteiger partial charge on any atom is 0.247 e. The molecule has 148 valence electrons. The van der Waals surface area contributed by atoms with Gasteiger partial charge in [0.2, 0.25) is 21.8 Å². The molecule has 0 saturated carbocycles. The molecule has 6 nitrogen and oxygen atoms in total. The molecule has 0 unspecified atom stereocenters. The Morgan fingerprint density at radius 2 is 1.61 bits per heavy atom. The van der Waals surface area contributed by atoms with Gasteiger partial charge in [-0.25, -0.2) is 8.42 Å². The maximum absolute atomic E-state index is 13.4. The summed E-state index contributed by atoms with van der Waals surface area (Å²) >= 11 is 0. The van der Waals surface area contributed by atoms with Crippen molar-refractivity contribution in [3.8, 4) is 11.5 Å². The number of nitrogens with zero attached hydrogens (tertiary/aromatic N) is 3. The van der Waals surface area contributed by atoms with Crippen molar-refractivity contribution >= 4 is 10.0 Å². The largest absolute Gasteiger partial charge is 0.419 e. The summed E-state index contributed by atoms with van der Waals surface area (Å²) < 4.78 is 34.0. The first-order valence-electron chi connectivity index (χ1n) is 9.17. The number of aromatic nitrogens is 2. The van der Waals surface area contributed by atoms with Crippen LogP contribution in [-0.2, 0) is 16.6 Å². The molecule has 1 aromatic heterocycles. The topological polar surface area (TPSA) is 76.3 Å². The summed E-state index contributed by atoms with van der Waals surface area (Å²) in [5.74, 6) is 0.637. The van der Waals surface area contributed by atoms with Crippen molar-refractivity contribution < 1.29 is 12.8 Å². The Morgan fingerprint density at radius 1 is 1.00 bits per heavy atom. The number of hydrogen-bond acceptors (Lipinski definition) is 5. The van der Waals surface area contributed by atoms with E-state index >= 15 is 0 Å². The van der Waals surface area contributed by atoms with Gasteiger partial charge < -0.3 is 4.42 Å². The fourth-order valence-electron chi connectivity index (χ4n) is 3.38. The molecule has 0 N–H and O–H groups in total. The van der Waals surface area contributed by atoms with Crippen LogP contribution in [0, 0.1) is 20.8 Å². The molecule has 0 aliphatic heterocycles. The second-order valence-corrected chi connectivity index (χ2v) is 9.07. The van der Waals surface area contributed by atoms with Crippen molar-refractivity contribution in [1.29, 1.82) is 0 Å². The van der Waals surface area contributed by atoms with Gasteiger partial charge in [-0.3, -0.25) is 0 Å². The predicted molar refractivity (Wildman–Crippen MR) is 108 cm³/mol. The van der Waals surface area contributed by atoms with Crippen LogP contribution < -0.4 is 0 Å². The molecule has 7 heteroatoms. The maximum atomic E-state index is 13.4. The fraction of sp³-hybridized carbons (Fsp3) is 0.333. The molecule has 28 heavy (non-hydrogen) atoms. The molecule has 0 aliphatic carbocycles. The zero-order chi connectivity index (χ0) is 20.5. The number of aryl methyl sites for hydroxylation is 3. The van der Waals surface area contributed by atoms with E-state index in [-0.39, 0.29) is 18.5 Å². The van der Waals surface area contributed by atoms with Gasteiger partial charge >= 0.3 is 0 Å². The highest BCUT2D eigenvalue weighted by atomic mass is 32.2. The molecule has 2 aromatic carbocycles. The quantitative estimate of drug-likeness (QED) is 0.619. The van der Waals surface area contributed by atoms with Crippen molar-refractivity contribution in [2.75, 3.05) is 0 Å². The lowest BCUT2D eigenvalue weighted by molar-refractivity contribution is 0.312. The molecule has 3 aromatic rings. The van der Waals surface area contributed by atoms with Gasteiger partial charge in [0.25, 0.3) is 0 Å². The number of rotatable bonds is 6. The van der Waals surface area contributed by atoms with Crippen LogP contribution in [0.4, 0.5) is 0 Å². The molecule has 0 fully saturated rings. The van der Waals surface area contributed by atoms with E-state index in [0.29, 0.717) is 10.8 Å². The fourth-order valence-corrected chi connectivity index (χ4v) is 5.39. The molecule has 0 radical (unpaired) electrons. The molecule has 0 atom stereocenters. The van der Waals surface area contributed by atoms with Crippen LogP contribution >= 0.6 is 0 Å². The summed E-state index contributed by atoms with van der Waals surface area (Å²) in [6.07, 6.45) is 0. The highest BCUT2D eigenvalue weighted by Gasteiger charge is 2.31. The van der Waals surface area contributed by atoms with Crippen molar-refractivity contribution in [2.45, 2.75) is 52.1 Å². The first kappa shape index (κ1) is 20.2. The third kappa shape index (κ3) is 4.00. The third-order valence-electron chi connectivity index (χ3n) is 4.53. The van der Waals surface area contributed by atoms with Gasteiger partial charge in [0.1, 0.15) is 0 Å². The standard InChI is InChI=1S/C21H25N3O3S/c1-14(2)24(28(25,26)20-16(4)11-15(3)12-17(20)5)13-19-22-23-21(27-19)18-9-7-6-8-10-18/h6-12,14H,13H2,1-5H3. The SMILES string of the molecule is Cc1cc(C)c(S(=O)(=O)N(Cc2nnc(-c3ccccc3)o2)C(C)C)c(C)c1. The Kier molecular flexibility index (Phi) is 5.67. The minimum Gasteiger partial charge on any atom is -0.419 e. The van der Waals surface area contributed by atoms with Crippen molar-refractivity contribution in [2.24, 2.45) is 0 Å². The predicted octanol–water partition coefficient (Wildman–Crippen LogP) is 4.26. The van der Waals surface area contributed by atoms with Crippen molar-refractivity contribution in [3.63, 3.8) is 0 Å².